The third-order valence-corrected chi connectivity index (χ3v) is 2.15. The minimum atomic E-state index is -0.637. The van der Waals surface area contributed by atoms with E-state index in [2.05, 4.69) is 0 Å². The van der Waals surface area contributed by atoms with E-state index < -0.39 is 5.54 Å². The number of methoxy groups -OCH3 is 1. The van der Waals surface area contributed by atoms with E-state index in [4.69, 9.17) is 10.5 Å². The van der Waals surface area contributed by atoms with Gasteiger partial charge in [-0.3, -0.25) is 0 Å². The summed E-state index contributed by atoms with van der Waals surface area (Å²) in [5.74, 6) is -0.257. The van der Waals surface area contributed by atoms with Gasteiger partial charge < -0.3 is 10.5 Å². The first-order chi connectivity index (χ1) is 6.45. The van der Waals surface area contributed by atoms with Crippen LogP contribution in [-0.4, -0.2) is 13.7 Å². The van der Waals surface area contributed by atoms with Crippen molar-refractivity contribution in [3.05, 3.63) is 35.1 Å². The van der Waals surface area contributed by atoms with Gasteiger partial charge in [-0.05, 0) is 37.1 Å². The molecule has 1 aromatic rings. The first-order valence-corrected chi connectivity index (χ1v) is 4.51. The molecule has 2 N–H and O–H groups in total. The van der Waals surface area contributed by atoms with Crippen molar-refractivity contribution in [1.29, 1.82) is 0 Å². The Labute approximate surface area is 83.9 Å². The van der Waals surface area contributed by atoms with Crippen LogP contribution in [0, 0.1) is 12.7 Å². The van der Waals surface area contributed by atoms with Crippen molar-refractivity contribution >= 4 is 0 Å². The molecule has 1 aromatic carbocycles. The fourth-order valence-corrected chi connectivity index (χ4v) is 1.45. The Morgan fingerprint density at radius 3 is 2.57 bits per heavy atom. The molecule has 0 saturated carbocycles. The summed E-state index contributed by atoms with van der Waals surface area (Å²) in [5.41, 5.74) is 6.99. The van der Waals surface area contributed by atoms with Crippen LogP contribution in [0.15, 0.2) is 18.2 Å². The first kappa shape index (κ1) is 11.1. The fourth-order valence-electron chi connectivity index (χ4n) is 1.45. The second-order valence-electron chi connectivity index (χ2n) is 3.87. The molecule has 1 rings (SSSR count). The van der Waals surface area contributed by atoms with Gasteiger partial charge in [-0.25, -0.2) is 4.39 Å². The highest BCUT2D eigenvalue weighted by Gasteiger charge is 2.21. The highest BCUT2D eigenvalue weighted by atomic mass is 19.1. The van der Waals surface area contributed by atoms with Gasteiger partial charge in [0.25, 0.3) is 0 Å². The van der Waals surface area contributed by atoms with Crippen molar-refractivity contribution in [2.24, 2.45) is 5.73 Å². The second kappa shape index (κ2) is 4.07. The Morgan fingerprint density at radius 2 is 2.07 bits per heavy atom. The molecule has 0 heterocycles. The highest BCUT2D eigenvalue weighted by Crippen LogP contribution is 2.20. The van der Waals surface area contributed by atoms with Gasteiger partial charge >= 0.3 is 0 Å². The summed E-state index contributed by atoms with van der Waals surface area (Å²) in [5, 5.41) is 0. The predicted molar refractivity (Wildman–Crippen MR) is 54.6 cm³/mol. The third-order valence-electron chi connectivity index (χ3n) is 2.15. The third kappa shape index (κ3) is 2.53. The maximum Gasteiger partial charge on any atom is 0.123 e. The van der Waals surface area contributed by atoms with Crippen LogP contribution >= 0.6 is 0 Å². The van der Waals surface area contributed by atoms with Crippen LogP contribution in [0.1, 0.15) is 18.1 Å². The number of benzene rings is 1. The quantitative estimate of drug-likeness (QED) is 0.803. The van der Waals surface area contributed by atoms with E-state index in [-0.39, 0.29) is 5.82 Å². The Hall–Kier alpha value is -0.930. The van der Waals surface area contributed by atoms with E-state index in [0.29, 0.717) is 6.61 Å². The molecule has 1 unspecified atom stereocenters. The summed E-state index contributed by atoms with van der Waals surface area (Å²) in [6, 6.07) is 4.81. The lowest BCUT2D eigenvalue weighted by Gasteiger charge is -2.24. The average Bonchev–Trinajstić information content (AvgIpc) is 2.02. The summed E-state index contributed by atoms with van der Waals surface area (Å²) in [6.07, 6.45) is 0. The zero-order valence-electron chi connectivity index (χ0n) is 8.80. The first-order valence-electron chi connectivity index (χ1n) is 4.51. The molecule has 0 aliphatic carbocycles. The number of ether oxygens (including phenoxy) is 1. The van der Waals surface area contributed by atoms with Crippen LogP contribution in [0.5, 0.6) is 0 Å². The summed E-state index contributed by atoms with van der Waals surface area (Å²) in [4.78, 5) is 0. The van der Waals surface area contributed by atoms with Crippen molar-refractivity contribution in [2.75, 3.05) is 13.7 Å². The van der Waals surface area contributed by atoms with Crippen LogP contribution in [-0.2, 0) is 10.3 Å². The zero-order valence-corrected chi connectivity index (χ0v) is 8.80. The van der Waals surface area contributed by atoms with Gasteiger partial charge in [0.15, 0.2) is 0 Å². The molecule has 0 aromatic heterocycles. The molecule has 0 fully saturated rings. The minimum Gasteiger partial charge on any atom is -0.382 e. The van der Waals surface area contributed by atoms with Gasteiger partial charge in [0.1, 0.15) is 5.82 Å². The number of nitrogens with two attached hydrogens (primary N) is 1. The molecule has 0 aliphatic rings. The summed E-state index contributed by atoms with van der Waals surface area (Å²) < 4.78 is 18.1. The molecule has 0 bridgehead atoms. The van der Waals surface area contributed by atoms with E-state index in [1.165, 1.54) is 12.1 Å². The number of rotatable bonds is 3. The zero-order chi connectivity index (χ0) is 10.8. The van der Waals surface area contributed by atoms with Gasteiger partial charge in [-0.1, -0.05) is 6.07 Å². The molecule has 0 amide bonds. The van der Waals surface area contributed by atoms with Crippen LogP contribution in [0.2, 0.25) is 0 Å². The molecule has 3 heteroatoms. The lowest BCUT2D eigenvalue weighted by Crippen LogP contribution is -2.37. The lowest BCUT2D eigenvalue weighted by molar-refractivity contribution is 0.141. The molecule has 0 saturated heterocycles. The van der Waals surface area contributed by atoms with Crippen LogP contribution in [0.4, 0.5) is 4.39 Å². The molecule has 78 valence electrons. The number of hydrogen-bond donors (Lipinski definition) is 1. The molecule has 14 heavy (non-hydrogen) atoms. The maximum atomic E-state index is 13.1. The van der Waals surface area contributed by atoms with E-state index >= 15 is 0 Å². The molecular formula is C11H16FNO. The second-order valence-corrected chi connectivity index (χ2v) is 3.87. The molecule has 1 atom stereocenters. The molecule has 0 spiro atoms. The fraction of sp³-hybridized carbons (Fsp3) is 0.455. The minimum absolute atomic E-state index is 0.257. The van der Waals surface area contributed by atoms with Crippen molar-refractivity contribution in [3.63, 3.8) is 0 Å². The van der Waals surface area contributed by atoms with E-state index in [1.807, 2.05) is 19.9 Å². The topological polar surface area (TPSA) is 35.2 Å². The van der Waals surface area contributed by atoms with E-state index in [1.54, 1.807) is 7.11 Å². The number of hydrogen-bond acceptors (Lipinski definition) is 2. The average molecular weight is 197 g/mol. The SMILES string of the molecule is COCC(C)(N)c1cc(C)cc(F)c1. The summed E-state index contributed by atoms with van der Waals surface area (Å²) in [6.45, 7) is 4.04. The van der Waals surface area contributed by atoms with Crippen molar-refractivity contribution in [2.45, 2.75) is 19.4 Å². The van der Waals surface area contributed by atoms with E-state index in [9.17, 15) is 4.39 Å². The van der Waals surface area contributed by atoms with Crippen LogP contribution < -0.4 is 5.73 Å². The monoisotopic (exact) mass is 197 g/mol. The maximum absolute atomic E-state index is 13.1. The smallest absolute Gasteiger partial charge is 0.123 e. The molecule has 0 radical (unpaired) electrons. The van der Waals surface area contributed by atoms with Gasteiger partial charge in [-0.2, -0.15) is 0 Å². The number of aryl methyl sites for hydroxylation is 1. The van der Waals surface area contributed by atoms with Gasteiger partial charge in [0.2, 0.25) is 0 Å². The Kier molecular flexibility index (Phi) is 3.24. The largest absolute Gasteiger partial charge is 0.382 e. The van der Waals surface area contributed by atoms with E-state index in [0.717, 1.165) is 11.1 Å². The standard InChI is InChI=1S/C11H16FNO/c1-8-4-9(6-10(12)5-8)11(2,13)7-14-3/h4-6H,7,13H2,1-3H3. The summed E-state index contributed by atoms with van der Waals surface area (Å²) in [7, 11) is 1.58. The molecular weight excluding hydrogens is 181 g/mol. The lowest BCUT2D eigenvalue weighted by atomic mass is 9.93. The summed E-state index contributed by atoms with van der Waals surface area (Å²) >= 11 is 0. The van der Waals surface area contributed by atoms with Gasteiger partial charge in [0.05, 0.1) is 12.1 Å². The van der Waals surface area contributed by atoms with Crippen LogP contribution in [0.3, 0.4) is 0 Å². The number of halogens is 1. The predicted octanol–water partition coefficient (Wildman–Crippen LogP) is 1.95. The van der Waals surface area contributed by atoms with Crippen molar-refractivity contribution in [1.82, 2.24) is 0 Å². The Bertz CT molecular complexity index is 303. The van der Waals surface area contributed by atoms with Crippen LogP contribution in [0.25, 0.3) is 0 Å². The van der Waals surface area contributed by atoms with Gasteiger partial charge in [-0.15, -0.1) is 0 Å². The van der Waals surface area contributed by atoms with Crippen molar-refractivity contribution < 1.29 is 9.13 Å². The van der Waals surface area contributed by atoms with Crippen molar-refractivity contribution in [3.8, 4) is 0 Å². The molecule has 2 nitrogen and oxygen atoms in total. The normalized spacial score (nSPS) is 15.2. The highest BCUT2D eigenvalue weighted by molar-refractivity contribution is 5.29. The molecule has 0 aliphatic heterocycles. The Balaban J connectivity index is 3.05. The Morgan fingerprint density at radius 1 is 1.43 bits per heavy atom. The van der Waals surface area contributed by atoms with Gasteiger partial charge in [0, 0.05) is 7.11 Å².